The van der Waals surface area contributed by atoms with E-state index in [4.69, 9.17) is 10.00 Å². The molecule has 0 radical (unpaired) electrons. The van der Waals surface area contributed by atoms with Crippen LogP contribution in [0.1, 0.15) is 27.2 Å². The summed E-state index contributed by atoms with van der Waals surface area (Å²) in [5.41, 5.74) is 0. The van der Waals surface area contributed by atoms with Crippen molar-refractivity contribution in [1.82, 2.24) is 4.31 Å². The fraction of sp³-hybridized carbons (Fsp3) is 0.500. The first-order valence-electron chi connectivity index (χ1n) is 6.55. The number of benzene rings is 1. The van der Waals surface area contributed by atoms with Crippen molar-refractivity contribution in [1.29, 1.82) is 5.26 Å². The van der Waals surface area contributed by atoms with E-state index < -0.39 is 10.0 Å². The van der Waals surface area contributed by atoms with Crippen molar-refractivity contribution in [2.24, 2.45) is 0 Å². The van der Waals surface area contributed by atoms with E-state index in [1.165, 1.54) is 16.4 Å². The molecule has 110 valence electrons. The lowest BCUT2D eigenvalue weighted by atomic mass is 10.3. The van der Waals surface area contributed by atoms with E-state index in [9.17, 15) is 8.42 Å². The zero-order valence-corrected chi connectivity index (χ0v) is 12.9. The molecule has 1 aromatic carbocycles. The lowest BCUT2D eigenvalue weighted by Gasteiger charge is -2.18. The molecule has 0 aliphatic heterocycles. The predicted octanol–water partition coefficient (Wildman–Crippen LogP) is 2.40. The lowest BCUT2D eigenvalue weighted by Crippen LogP contribution is -2.32. The highest BCUT2D eigenvalue weighted by Crippen LogP contribution is 2.20. The minimum atomic E-state index is -3.62. The van der Waals surface area contributed by atoms with Crippen LogP contribution >= 0.6 is 0 Å². The minimum absolute atomic E-state index is 0.0348. The van der Waals surface area contributed by atoms with Crippen LogP contribution in [0.5, 0.6) is 5.75 Å². The maximum absolute atomic E-state index is 12.4. The van der Waals surface area contributed by atoms with Crippen LogP contribution in [0.3, 0.4) is 0 Å². The number of nitrogens with zero attached hydrogens (tertiary/aromatic N) is 2. The number of rotatable bonds is 7. The Morgan fingerprint density at radius 2 is 1.90 bits per heavy atom. The number of hydrogen-bond donors (Lipinski definition) is 0. The summed E-state index contributed by atoms with van der Waals surface area (Å²) in [5, 5.41) is 8.74. The summed E-state index contributed by atoms with van der Waals surface area (Å²) >= 11 is 0. The van der Waals surface area contributed by atoms with Crippen LogP contribution in [0.2, 0.25) is 0 Å². The summed E-state index contributed by atoms with van der Waals surface area (Å²) < 4.78 is 31.4. The molecule has 20 heavy (non-hydrogen) atoms. The second kappa shape index (κ2) is 7.27. The third kappa shape index (κ3) is 4.22. The van der Waals surface area contributed by atoms with E-state index in [1.54, 1.807) is 12.1 Å². The zero-order chi connectivity index (χ0) is 15.2. The van der Waals surface area contributed by atoms with Gasteiger partial charge in [-0.1, -0.05) is 6.92 Å². The standard InChI is InChI=1S/C14H20N2O3S/c1-4-10-16(11-9-15)20(17,18)14-7-5-13(6-8-14)19-12(2)3/h5-8,12H,4,10-11H2,1-3H3. The average molecular weight is 296 g/mol. The van der Waals surface area contributed by atoms with Gasteiger partial charge in [-0.25, -0.2) is 8.42 Å². The fourth-order valence-corrected chi connectivity index (χ4v) is 3.15. The SMILES string of the molecule is CCCN(CC#N)S(=O)(=O)c1ccc(OC(C)C)cc1. The van der Waals surface area contributed by atoms with Crippen LogP contribution < -0.4 is 4.74 Å². The summed E-state index contributed by atoms with van der Waals surface area (Å²) in [7, 11) is -3.62. The molecular weight excluding hydrogens is 276 g/mol. The van der Waals surface area contributed by atoms with Gasteiger partial charge in [0.25, 0.3) is 0 Å². The Bertz CT molecular complexity index is 559. The molecule has 0 bridgehead atoms. The zero-order valence-electron chi connectivity index (χ0n) is 12.0. The van der Waals surface area contributed by atoms with Gasteiger partial charge in [-0.3, -0.25) is 0 Å². The number of ether oxygens (including phenoxy) is 1. The van der Waals surface area contributed by atoms with Crippen molar-refractivity contribution in [3.05, 3.63) is 24.3 Å². The van der Waals surface area contributed by atoms with Crippen molar-refractivity contribution in [3.63, 3.8) is 0 Å². The van der Waals surface area contributed by atoms with Crippen molar-refractivity contribution >= 4 is 10.0 Å². The van der Waals surface area contributed by atoms with E-state index in [0.717, 1.165) is 0 Å². The summed E-state index contributed by atoms with van der Waals surface area (Å²) in [5.74, 6) is 0.626. The van der Waals surface area contributed by atoms with Gasteiger partial charge in [-0.2, -0.15) is 9.57 Å². The smallest absolute Gasteiger partial charge is 0.244 e. The summed E-state index contributed by atoms with van der Waals surface area (Å²) in [6, 6.07) is 8.16. The summed E-state index contributed by atoms with van der Waals surface area (Å²) in [6.45, 7) is 5.88. The van der Waals surface area contributed by atoms with E-state index >= 15 is 0 Å². The quantitative estimate of drug-likeness (QED) is 0.724. The maximum atomic E-state index is 12.4. The molecule has 0 aliphatic carbocycles. The van der Waals surface area contributed by atoms with Gasteiger partial charge in [-0.15, -0.1) is 0 Å². The molecule has 0 aromatic heterocycles. The Hall–Kier alpha value is -1.58. The molecular formula is C14H20N2O3S. The van der Waals surface area contributed by atoms with Crippen LogP contribution in [0.4, 0.5) is 0 Å². The van der Waals surface area contributed by atoms with Gasteiger partial charge in [0.15, 0.2) is 0 Å². The number of hydrogen-bond acceptors (Lipinski definition) is 4. The number of nitriles is 1. The van der Waals surface area contributed by atoms with Crippen molar-refractivity contribution in [2.75, 3.05) is 13.1 Å². The molecule has 1 aromatic rings. The molecule has 0 fully saturated rings. The van der Waals surface area contributed by atoms with Crippen LogP contribution in [0.15, 0.2) is 29.2 Å². The first-order chi connectivity index (χ1) is 9.41. The van der Waals surface area contributed by atoms with Crippen LogP contribution in [-0.2, 0) is 10.0 Å². The molecule has 1 rings (SSSR count). The highest BCUT2D eigenvalue weighted by atomic mass is 32.2. The van der Waals surface area contributed by atoms with Crippen LogP contribution in [0, 0.1) is 11.3 Å². The van der Waals surface area contributed by atoms with Crippen molar-refractivity contribution in [3.8, 4) is 11.8 Å². The topological polar surface area (TPSA) is 70.4 Å². The average Bonchev–Trinajstić information content (AvgIpc) is 2.38. The van der Waals surface area contributed by atoms with Crippen molar-refractivity contribution < 1.29 is 13.2 Å². The van der Waals surface area contributed by atoms with Crippen LogP contribution in [0.25, 0.3) is 0 Å². The molecule has 0 saturated heterocycles. The summed E-state index contributed by atoms with van der Waals surface area (Å²) in [4.78, 5) is 0.178. The van der Waals surface area contributed by atoms with Gasteiger partial charge < -0.3 is 4.74 Å². The Kier molecular flexibility index (Phi) is 5.99. The largest absolute Gasteiger partial charge is 0.491 e. The molecule has 0 unspecified atom stereocenters. The minimum Gasteiger partial charge on any atom is -0.491 e. The normalized spacial score (nSPS) is 11.6. The molecule has 0 spiro atoms. The second-order valence-corrected chi connectivity index (χ2v) is 6.57. The van der Waals surface area contributed by atoms with E-state index in [1.807, 2.05) is 26.8 Å². The Balaban J connectivity index is 2.99. The highest BCUT2D eigenvalue weighted by Gasteiger charge is 2.23. The predicted molar refractivity (Wildman–Crippen MR) is 76.9 cm³/mol. The van der Waals surface area contributed by atoms with Gasteiger partial charge in [0.1, 0.15) is 12.3 Å². The molecule has 0 N–H and O–H groups in total. The van der Waals surface area contributed by atoms with Gasteiger partial charge in [0, 0.05) is 6.54 Å². The van der Waals surface area contributed by atoms with Crippen molar-refractivity contribution in [2.45, 2.75) is 38.2 Å². The fourth-order valence-electron chi connectivity index (χ4n) is 1.72. The molecule has 0 atom stereocenters. The third-order valence-electron chi connectivity index (χ3n) is 2.55. The highest BCUT2D eigenvalue weighted by molar-refractivity contribution is 7.89. The van der Waals surface area contributed by atoms with Gasteiger partial charge in [0.2, 0.25) is 10.0 Å². The Labute approximate surface area is 120 Å². The lowest BCUT2D eigenvalue weighted by molar-refractivity contribution is 0.242. The summed E-state index contributed by atoms with van der Waals surface area (Å²) in [6.07, 6.45) is 0.697. The molecule has 0 aliphatic rings. The monoisotopic (exact) mass is 296 g/mol. The van der Waals surface area contributed by atoms with Gasteiger partial charge in [0.05, 0.1) is 17.1 Å². The Morgan fingerprint density at radius 1 is 1.30 bits per heavy atom. The van der Waals surface area contributed by atoms with Crippen LogP contribution in [-0.4, -0.2) is 31.9 Å². The first kappa shape index (κ1) is 16.5. The van der Waals surface area contributed by atoms with E-state index in [0.29, 0.717) is 18.7 Å². The molecule has 0 saturated carbocycles. The van der Waals surface area contributed by atoms with Gasteiger partial charge in [-0.05, 0) is 44.5 Å². The maximum Gasteiger partial charge on any atom is 0.244 e. The Morgan fingerprint density at radius 3 is 2.35 bits per heavy atom. The molecule has 0 amide bonds. The van der Waals surface area contributed by atoms with E-state index in [-0.39, 0.29) is 17.5 Å². The first-order valence-corrected chi connectivity index (χ1v) is 7.99. The molecule has 5 nitrogen and oxygen atoms in total. The van der Waals surface area contributed by atoms with Gasteiger partial charge >= 0.3 is 0 Å². The molecule has 6 heteroatoms. The molecule has 0 heterocycles. The second-order valence-electron chi connectivity index (χ2n) is 4.63. The number of sulfonamides is 1. The van der Waals surface area contributed by atoms with E-state index in [2.05, 4.69) is 0 Å². The third-order valence-corrected chi connectivity index (χ3v) is 4.41.